The maximum absolute atomic E-state index is 11.7. The number of benzene rings is 1. The van der Waals surface area contributed by atoms with E-state index in [1.165, 1.54) is 5.56 Å². The summed E-state index contributed by atoms with van der Waals surface area (Å²) in [7, 11) is 0.810. The van der Waals surface area contributed by atoms with E-state index in [9.17, 15) is 4.21 Å². The Morgan fingerprint density at radius 2 is 1.71 bits per heavy atom. The third kappa shape index (κ3) is 1.34. The van der Waals surface area contributed by atoms with Gasteiger partial charge in [0.05, 0.1) is 0 Å². The van der Waals surface area contributed by atoms with Gasteiger partial charge in [-0.1, -0.05) is 51.1 Å². The highest BCUT2D eigenvalue weighted by atomic mass is 33.2. The molecule has 0 bridgehead atoms. The number of hydrogen-bond donors (Lipinski definition) is 0. The summed E-state index contributed by atoms with van der Waals surface area (Å²) in [6.07, 6.45) is 0. The highest BCUT2D eigenvalue weighted by Gasteiger charge is 2.63. The van der Waals surface area contributed by atoms with Crippen molar-refractivity contribution in [1.29, 1.82) is 0 Å². The van der Waals surface area contributed by atoms with E-state index >= 15 is 0 Å². The molecule has 1 aromatic carbocycles. The first-order valence-corrected chi connectivity index (χ1v) is 7.14. The summed E-state index contributed by atoms with van der Waals surface area (Å²) in [5, 5.41) is 0. The van der Waals surface area contributed by atoms with Crippen molar-refractivity contribution in [2.24, 2.45) is 5.41 Å². The fraction of sp³-hybridized carbons (Fsp3) is 0.455. The Morgan fingerprint density at radius 1 is 1.21 bits per heavy atom. The van der Waals surface area contributed by atoms with Crippen molar-refractivity contribution in [1.82, 2.24) is 0 Å². The molecule has 0 aliphatic carbocycles. The van der Waals surface area contributed by atoms with Crippen molar-refractivity contribution < 1.29 is 4.21 Å². The molecule has 1 aliphatic rings. The van der Waals surface area contributed by atoms with Gasteiger partial charge < -0.3 is 0 Å². The van der Waals surface area contributed by atoms with Gasteiger partial charge in [0.2, 0.25) is 0 Å². The van der Waals surface area contributed by atoms with Crippen LogP contribution in [0.15, 0.2) is 30.3 Å². The lowest BCUT2D eigenvalue weighted by atomic mass is 9.86. The van der Waals surface area contributed by atoms with Gasteiger partial charge in [-0.15, -0.1) is 0 Å². The van der Waals surface area contributed by atoms with Crippen molar-refractivity contribution in [3.05, 3.63) is 35.9 Å². The van der Waals surface area contributed by atoms with Crippen molar-refractivity contribution in [3.8, 4) is 0 Å². The lowest BCUT2D eigenvalue weighted by Crippen LogP contribution is -2.26. The SMILES string of the molecule is CC(C)(C)C1(c2ccccc2)SS1=O. The fourth-order valence-electron chi connectivity index (χ4n) is 1.70. The van der Waals surface area contributed by atoms with Gasteiger partial charge in [0, 0.05) is 0 Å². The van der Waals surface area contributed by atoms with Crippen LogP contribution in [0.1, 0.15) is 26.3 Å². The van der Waals surface area contributed by atoms with Crippen LogP contribution < -0.4 is 0 Å². The molecule has 1 aromatic rings. The minimum atomic E-state index is -0.761. The molecule has 1 fully saturated rings. The quantitative estimate of drug-likeness (QED) is 0.540. The average Bonchev–Trinajstić information content (AvgIpc) is 2.79. The summed E-state index contributed by atoms with van der Waals surface area (Å²) in [4.78, 5) is 0. The van der Waals surface area contributed by atoms with Crippen LogP contribution in [0.5, 0.6) is 0 Å². The second-order valence-corrected chi connectivity index (χ2v) is 8.08. The third-order valence-electron chi connectivity index (χ3n) is 2.54. The Kier molecular flexibility index (Phi) is 2.27. The van der Waals surface area contributed by atoms with E-state index < -0.39 is 9.83 Å². The zero-order valence-electron chi connectivity index (χ0n) is 8.61. The molecule has 3 heteroatoms. The molecule has 0 aromatic heterocycles. The van der Waals surface area contributed by atoms with Gasteiger partial charge in [0.1, 0.15) is 13.9 Å². The molecule has 1 saturated heterocycles. The van der Waals surface area contributed by atoms with Crippen molar-refractivity contribution >= 4 is 20.6 Å². The topological polar surface area (TPSA) is 17.1 Å². The van der Waals surface area contributed by atoms with Crippen molar-refractivity contribution in [2.75, 3.05) is 0 Å². The molecule has 0 amide bonds. The molecule has 1 aliphatic heterocycles. The molecule has 0 radical (unpaired) electrons. The highest BCUT2D eigenvalue weighted by Crippen LogP contribution is 2.69. The van der Waals surface area contributed by atoms with Crippen LogP contribution in [0, 0.1) is 5.41 Å². The molecule has 2 unspecified atom stereocenters. The van der Waals surface area contributed by atoms with E-state index in [1.807, 2.05) is 18.2 Å². The van der Waals surface area contributed by atoms with Gasteiger partial charge in [-0.05, 0) is 21.8 Å². The van der Waals surface area contributed by atoms with E-state index in [-0.39, 0.29) is 9.49 Å². The molecular weight excluding hydrogens is 212 g/mol. The van der Waals surface area contributed by atoms with Crippen LogP contribution in [0.4, 0.5) is 0 Å². The summed E-state index contributed by atoms with van der Waals surface area (Å²) in [6.45, 7) is 6.45. The van der Waals surface area contributed by atoms with Gasteiger partial charge in [-0.3, -0.25) is 0 Å². The second kappa shape index (κ2) is 3.11. The normalized spacial score (nSPS) is 31.5. The monoisotopic (exact) mass is 226 g/mol. The third-order valence-corrected chi connectivity index (χ3v) is 6.95. The zero-order chi connectivity index (χ0) is 10.4. The lowest BCUT2D eigenvalue weighted by Gasteiger charge is -2.26. The van der Waals surface area contributed by atoms with Gasteiger partial charge in [-0.25, -0.2) is 4.21 Å². The van der Waals surface area contributed by atoms with Crippen molar-refractivity contribution in [2.45, 2.75) is 24.9 Å². The largest absolute Gasteiger partial charge is 0.246 e. The van der Waals surface area contributed by atoms with Crippen LogP contribution >= 0.6 is 10.8 Å². The molecule has 1 nitrogen and oxygen atoms in total. The van der Waals surface area contributed by atoms with Crippen LogP contribution in [-0.4, -0.2) is 4.21 Å². The minimum absolute atomic E-state index is 0.0455. The summed E-state index contributed by atoms with van der Waals surface area (Å²) in [5.41, 5.74) is 1.24. The predicted octanol–water partition coefficient (Wildman–Crippen LogP) is 3.30. The number of rotatable bonds is 1. The van der Waals surface area contributed by atoms with Crippen LogP contribution in [-0.2, 0) is 13.9 Å². The first-order valence-electron chi connectivity index (χ1n) is 4.65. The zero-order valence-corrected chi connectivity index (χ0v) is 10.2. The maximum atomic E-state index is 11.7. The van der Waals surface area contributed by atoms with Crippen molar-refractivity contribution in [3.63, 3.8) is 0 Å². The first kappa shape index (κ1) is 10.2. The first-order chi connectivity index (χ1) is 6.48. The van der Waals surface area contributed by atoms with E-state index in [4.69, 9.17) is 0 Å². The summed E-state index contributed by atoms with van der Waals surface area (Å²) >= 11 is 0. The van der Waals surface area contributed by atoms with E-state index in [0.717, 1.165) is 0 Å². The molecule has 1 heterocycles. The molecule has 2 rings (SSSR count). The molecule has 76 valence electrons. The summed E-state index contributed by atoms with van der Waals surface area (Å²) in [6, 6.07) is 10.2. The molecule has 14 heavy (non-hydrogen) atoms. The van der Waals surface area contributed by atoms with E-state index in [0.29, 0.717) is 0 Å². The van der Waals surface area contributed by atoms with Crippen LogP contribution in [0.25, 0.3) is 0 Å². The Morgan fingerprint density at radius 3 is 2.07 bits per heavy atom. The van der Waals surface area contributed by atoms with E-state index in [1.54, 1.807) is 10.8 Å². The maximum Gasteiger partial charge on any atom is 0.143 e. The van der Waals surface area contributed by atoms with Crippen LogP contribution in [0.3, 0.4) is 0 Å². The smallest absolute Gasteiger partial charge is 0.143 e. The lowest BCUT2D eigenvalue weighted by molar-refractivity contribution is 0.378. The van der Waals surface area contributed by atoms with Gasteiger partial charge in [-0.2, -0.15) is 0 Å². The van der Waals surface area contributed by atoms with Gasteiger partial charge in [0.15, 0.2) is 0 Å². The molecular formula is C11H14OS2. The standard InChI is InChI=1S/C11H14OS2/c1-10(2,3)11(13-14(11)12)9-7-5-4-6-8-9/h4-8H,1-3H3. The Balaban J connectivity index is 2.47. The Bertz CT molecular complexity index is 367. The summed E-state index contributed by atoms with van der Waals surface area (Å²) in [5.74, 6) is 0. The molecule has 0 saturated carbocycles. The summed E-state index contributed by atoms with van der Waals surface area (Å²) < 4.78 is 11.6. The minimum Gasteiger partial charge on any atom is -0.246 e. The highest BCUT2D eigenvalue weighted by molar-refractivity contribution is 8.85. The predicted molar refractivity (Wildman–Crippen MR) is 63.3 cm³/mol. The fourth-order valence-corrected chi connectivity index (χ4v) is 6.05. The van der Waals surface area contributed by atoms with Gasteiger partial charge >= 0.3 is 0 Å². The molecule has 2 atom stereocenters. The second-order valence-electron chi connectivity index (χ2n) is 4.55. The molecule has 0 spiro atoms. The average molecular weight is 226 g/mol. The van der Waals surface area contributed by atoms with E-state index in [2.05, 4.69) is 32.9 Å². The van der Waals surface area contributed by atoms with Gasteiger partial charge in [0.25, 0.3) is 0 Å². The molecule has 0 N–H and O–H groups in total. The van der Waals surface area contributed by atoms with Crippen LogP contribution in [0.2, 0.25) is 0 Å². The Labute approximate surface area is 91.1 Å². The number of hydrogen-bond acceptors (Lipinski definition) is 2. The Hall–Kier alpha value is -0.280.